The minimum atomic E-state index is -0.894. The number of hydrogen-bond donors (Lipinski definition) is 1. The molecular formula is C17H17N3O3. The first-order chi connectivity index (χ1) is 11.2. The van der Waals surface area contributed by atoms with Crippen LogP contribution < -0.4 is 9.47 Å². The second kappa shape index (κ2) is 6.50. The van der Waals surface area contributed by atoms with Crippen LogP contribution in [0.3, 0.4) is 0 Å². The maximum Gasteiger partial charge on any atom is 0.171 e. The molecule has 0 radical (unpaired) electrons. The fourth-order valence-electron chi connectivity index (χ4n) is 2.39. The van der Waals surface area contributed by atoms with E-state index in [2.05, 4.69) is 10.2 Å². The molecular weight excluding hydrogens is 294 g/mol. The van der Waals surface area contributed by atoms with Gasteiger partial charge in [-0.25, -0.2) is 0 Å². The predicted octanol–water partition coefficient (Wildman–Crippen LogP) is 2.37. The SMILES string of the molecule is COc1ccc(OC)c(-n2cnnc2[C@@H](O)c2ccccc2)c1. The Bertz CT molecular complexity index is 787. The number of methoxy groups -OCH3 is 2. The van der Waals surface area contributed by atoms with Gasteiger partial charge >= 0.3 is 0 Å². The van der Waals surface area contributed by atoms with Crippen LogP contribution in [0.15, 0.2) is 54.9 Å². The smallest absolute Gasteiger partial charge is 0.171 e. The van der Waals surface area contributed by atoms with Crippen molar-refractivity contribution in [3.05, 3.63) is 66.2 Å². The summed E-state index contributed by atoms with van der Waals surface area (Å²) in [6, 6.07) is 14.7. The van der Waals surface area contributed by atoms with Crippen molar-refractivity contribution < 1.29 is 14.6 Å². The van der Waals surface area contributed by atoms with Crippen molar-refractivity contribution in [1.29, 1.82) is 0 Å². The van der Waals surface area contributed by atoms with Gasteiger partial charge in [-0.2, -0.15) is 0 Å². The highest BCUT2D eigenvalue weighted by Crippen LogP contribution is 2.30. The Hall–Kier alpha value is -2.86. The van der Waals surface area contributed by atoms with Gasteiger partial charge in [0.25, 0.3) is 0 Å². The fraction of sp³-hybridized carbons (Fsp3) is 0.176. The summed E-state index contributed by atoms with van der Waals surface area (Å²) in [5.74, 6) is 1.71. The van der Waals surface area contributed by atoms with E-state index >= 15 is 0 Å². The lowest BCUT2D eigenvalue weighted by molar-refractivity contribution is 0.207. The summed E-state index contributed by atoms with van der Waals surface area (Å²) in [5.41, 5.74) is 1.44. The van der Waals surface area contributed by atoms with Crippen molar-refractivity contribution in [2.75, 3.05) is 14.2 Å². The quantitative estimate of drug-likeness (QED) is 0.783. The summed E-state index contributed by atoms with van der Waals surface area (Å²) in [4.78, 5) is 0. The van der Waals surface area contributed by atoms with Crippen LogP contribution in [-0.2, 0) is 0 Å². The number of rotatable bonds is 5. The van der Waals surface area contributed by atoms with E-state index in [-0.39, 0.29) is 0 Å². The number of aliphatic hydroxyl groups excluding tert-OH is 1. The molecule has 0 aliphatic carbocycles. The zero-order valence-electron chi connectivity index (χ0n) is 12.9. The van der Waals surface area contributed by atoms with E-state index in [1.165, 1.54) is 0 Å². The summed E-state index contributed by atoms with van der Waals surface area (Å²) in [5, 5.41) is 18.6. The van der Waals surface area contributed by atoms with Crippen LogP contribution in [0.4, 0.5) is 0 Å². The van der Waals surface area contributed by atoms with Gasteiger partial charge in [0.05, 0.1) is 19.9 Å². The molecule has 2 aromatic carbocycles. The minimum Gasteiger partial charge on any atom is -0.497 e. The highest BCUT2D eigenvalue weighted by Gasteiger charge is 2.20. The van der Waals surface area contributed by atoms with Gasteiger partial charge < -0.3 is 14.6 Å². The van der Waals surface area contributed by atoms with Gasteiger partial charge in [0.2, 0.25) is 0 Å². The van der Waals surface area contributed by atoms with E-state index in [0.29, 0.717) is 23.0 Å². The molecule has 0 aliphatic heterocycles. The van der Waals surface area contributed by atoms with Gasteiger partial charge in [-0.05, 0) is 17.7 Å². The molecule has 23 heavy (non-hydrogen) atoms. The molecule has 3 aromatic rings. The molecule has 0 saturated heterocycles. The number of nitrogens with zero attached hydrogens (tertiary/aromatic N) is 3. The summed E-state index contributed by atoms with van der Waals surface area (Å²) in [6.45, 7) is 0. The second-order valence-electron chi connectivity index (χ2n) is 4.91. The zero-order valence-corrected chi connectivity index (χ0v) is 12.9. The molecule has 6 heteroatoms. The van der Waals surface area contributed by atoms with Gasteiger partial charge in [-0.1, -0.05) is 30.3 Å². The van der Waals surface area contributed by atoms with E-state index in [1.54, 1.807) is 37.2 Å². The first-order valence-corrected chi connectivity index (χ1v) is 7.10. The largest absolute Gasteiger partial charge is 0.497 e. The fourth-order valence-corrected chi connectivity index (χ4v) is 2.39. The van der Waals surface area contributed by atoms with Gasteiger partial charge in [-0.3, -0.25) is 4.57 Å². The lowest BCUT2D eigenvalue weighted by Gasteiger charge is -2.15. The third-order valence-electron chi connectivity index (χ3n) is 3.58. The van der Waals surface area contributed by atoms with E-state index in [9.17, 15) is 5.11 Å². The van der Waals surface area contributed by atoms with Gasteiger partial charge in [-0.15, -0.1) is 10.2 Å². The molecule has 1 aromatic heterocycles. The van der Waals surface area contributed by atoms with Crippen molar-refractivity contribution in [2.45, 2.75) is 6.10 Å². The number of aromatic nitrogens is 3. The van der Waals surface area contributed by atoms with Crippen molar-refractivity contribution in [3.8, 4) is 17.2 Å². The average Bonchev–Trinajstić information content (AvgIpc) is 3.10. The first-order valence-electron chi connectivity index (χ1n) is 7.10. The number of benzene rings is 2. The molecule has 0 amide bonds. The van der Waals surface area contributed by atoms with Crippen molar-refractivity contribution in [1.82, 2.24) is 14.8 Å². The molecule has 1 atom stereocenters. The first kappa shape index (κ1) is 15.1. The van der Waals surface area contributed by atoms with Crippen LogP contribution in [-0.4, -0.2) is 34.1 Å². The van der Waals surface area contributed by atoms with Crippen LogP contribution in [0.25, 0.3) is 5.69 Å². The molecule has 0 spiro atoms. The monoisotopic (exact) mass is 311 g/mol. The molecule has 0 bridgehead atoms. The second-order valence-corrected chi connectivity index (χ2v) is 4.91. The van der Waals surface area contributed by atoms with Crippen LogP contribution in [0.5, 0.6) is 11.5 Å². The summed E-state index contributed by atoms with van der Waals surface area (Å²) >= 11 is 0. The van der Waals surface area contributed by atoms with Crippen LogP contribution in [0.1, 0.15) is 17.5 Å². The molecule has 0 saturated carbocycles. The molecule has 3 rings (SSSR count). The Balaban J connectivity index is 2.08. The van der Waals surface area contributed by atoms with E-state index < -0.39 is 6.10 Å². The lowest BCUT2D eigenvalue weighted by atomic mass is 10.1. The summed E-state index contributed by atoms with van der Waals surface area (Å²) < 4.78 is 12.4. The average molecular weight is 311 g/mol. The summed E-state index contributed by atoms with van der Waals surface area (Å²) in [7, 11) is 3.18. The maximum atomic E-state index is 10.6. The van der Waals surface area contributed by atoms with E-state index in [1.807, 2.05) is 36.4 Å². The molecule has 0 unspecified atom stereocenters. The van der Waals surface area contributed by atoms with Gasteiger partial charge in [0.15, 0.2) is 5.82 Å². The van der Waals surface area contributed by atoms with Crippen molar-refractivity contribution in [2.24, 2.45) is 0 Å². The molecule has 1 heterocycles. The number of aliphatic hydroxyl groups is 1. The Morgan fingerprint density at radius 2 is 1.83 bits per heavy atom. The molecule has 6 nitrogen and oxygen atoms in total. The molecule has 1 N–H and O–H groups in total. The van der Waals surface area contributed by atoms with Crippen molar-refractivity contribution >= 4 is 0 Å². The van der Waals surface area contributed by atoms with Gasteiger partial charge in [0, 0.05) is 6.07 Å². The van der Waals surface area contributed by atoms with Crippen LogP contribution in [0, 0.1) is 0 Å². The van der Waals surface area contributed by atoms with Gasteiger partial charge in [0.1, 0.15) is 23.9 Å². The third-order valence-corrected chi connectivity index (χ3v) is 3.58. The lowest BCUT2D eigenvalue weighted by Crippen LogP contribution is -2.09. The Morgan fingerprint density at radius 1 is 1.04 bits per heavy atom. The van der Waals surface area contributed by atoms with E-state index in [0.717, 1.165) is 5.56 Å². The number of hydrogen-bond acceptors (Lipinski definition) is 5. The van der Waals surface area contributed by atoms with E-state index in [4.69, 9.17) is 9.47 Å². The topological polar surface area (TPSA) is 69.4 Å². The predicted molar refractivity (Wildman–Crippen MR) is 85.0 cm³/mol. The zero-order chi connectivity index (χ0) is 16.2. The highest BCUT2D eigenvalue weighted by atomic mass is 16.5. The molecule has 0 aliphatic rings. The summed E-state index contributed by atoms with van der Waals surface area (Å²) in [6.07, 6.45) is 0.647. The molecule has 118 valence electrons. The minimum absolute atomic E-state index is 0.405. The Kier molecular flexibility index (Phi) is 4.25. The molecule has 0 fully saturated rings. The number of ether oxygens (including phenoxy) is 2. The van der Waals surface area contributed by atoms with Crippen LogP contribution >= 0.6 is 0 Å². The van der Waals surface area contributed by atoms with Crippen molar-refractivity contribution in [3.63, 3.8) is 0 Å². The normalized spacial score (nSPS) is 12.0. The Morgan fingerprint density at radius 3 is 2.52 bits per heavy atom. The maximum absolute atomic E-state index is 10.6. The van der Waals surface area contributed by atoms with Crippen LogP contribution in [0.2, 0.25) is 0 Å². The third kappa shape index (κ3) is 2.89. The highest BCUT2D eigenvalue weighted by molar-refractivity contribution is 5.52. The standard InChI is InChI=1S/C17H17N3O3/c1-22-13-8-9-15(23-2)14(10-13)20-11-18-19-17(20)16(21)12-6-4-3-5-7-12/h3-11,16,21H,1-2H3/t16-/m0/s1. The Labute approximate surface area is 133 Å².